The van der Waals surface area contributed by atoms with Crippen molar-refractivity contribution in [2.24, 2.45) is 11.7 Å². The van der Waals surface area contributed by atoms with Gasteiger partial charge in [-0.15, -0.1) is 0 Å². The number of quaternary nitrogens is 1. The number of halogens is 2. The van der Waals surface area contributed by atoms with E-state index in [1.165, 1.54) is 12.1 Å². The number of carbonyl (C=O) groups excluding carboxylic acids is 1. The molecule has 2 N–H and O–H groups in total. The van der Waals surface area contributed by atoms with Crippen molar-refractivity contribution in [3.05, 3.63) is 102 Å². The van der Waals surface area contributed by atoms with Gasteiger partial charge in [-0.3, -0.25) is 4.79 Å². The van der Waals surface area contributed by atoms with Gasteiger partial charge in [-0.05, 0) is 23.3 Å². The molecule has 3 aromatic carbocycles. The molecule has 0 spiro atoms. The lowest BCUT2D eigenvalue weighted by molar-refractivity contribution is -0.899. The monoisotopic (exact) mass is 465 g/mol. The van der Waals surface area contributed by atoms with Crippen molar-refractivity contribution in [1.29, 1.82) is 0 Å². The number of benzene rings is 3. The van der Waals surface area contributed by atoms with Crippen LogP contribution in [0.25, 0.3) is 0 Å². The summed E-state index contributed by atoms with van der Waals surface area (Å²) in [4.78, 5) is 13.2. The van der Waals surface area contributed by atoms with Gasteiger partial charge in [-0.1, -0.05) is 60.7 Å². The summed E-state index contributed by atoms with van der Waals surface area (Å²) in [6.07, 6.45) is 1.57. The summed E-state index contributed by atoms with van der Waals surface area (Å²) < 4.78 is 33.2. The van der Waals surface area contributed by atoms with Crippen LogP contribution < -0.4 is 10.5 Å². The third kappa shape index (κ3) is 4.68. The molecule has 0 aliphatic carbocycles. The zero-order valence-corrected chi connectivity index (χ0v) is 19.4. The first kappa shape index (κ1) is 23.9. The Morgan fingerprint density at radius 3 is 2.21 bits per heavy atom. The Morgan fingerprint density at radius 2 is 1.65 bits per heavy atom. The van der Waals surface area contributed by atoms with Gasteiger partial charge in [-0.25, -0.2) is 8.78 Å². The molecule has 0 aromatic heterocycles. The summed E-state index contributed by atoms with van der Waals surface area (Å²) in [5.74, 6) is -1.56. The third-order valence-electron chi connectivity index (χ3n) is 7.13. The van der Waals surface area contributed by atoms with Gasteiger partial charge in [0, 0.05) is 24.8 Å². The first-order valence-corrected chi connectivity index (χ1v) is 11.7. The third-order valence-corrected chi connectivity index (χ3v) is 7.13. The second-order valence-corrected chi connectivity index (χ2v) is 9.42. The Kier molecular flexibility index (Phi) is 6.98. The van der Waals surface area contributed by atoms with Crippen molar-refractivity contribution in [3.8, 4) is 5.75 Å². The van der Waals surface area contributed by atoms with Gasteiger partial charge < -0.3 is 15.0 Å². The molecule has 0 radical (unpaired) electrons. The maximum absolute atomic E-state index is 13.8. The Hall–Kier alpha value is -3.25. The topological polar surface area (TPSA) is 52.3 Å². The molecule has 1 fully saturated rings. The fourth-order valence-corrected chi connectivity index (χ4v) is 5.49. The van der Waals surface area contributed by atoms with Gasteiger partial charge in [0.15, 0.2) is 11.6 Å². The minimum absolute atomic E-state index is 0.0373. The summed E-state index contributed by atoms with van der Waals surface area (Å²) in [7, 11) is 2.18. The molecule has 1 saturated heterocycles. The molecular formula is C28H31F2N2O2+. The van der Waals surface area contributed by atoms with Crippen LogP contribution in [-0.4, -0.2) is 43.7 Å². The van der Waals surface area contributed by atoms with Crippen molar-refractivity contribution in [3.63, 3.8) is 0 Å². The Morgan fingerprint density at radius 1 is 1.03 bits per heavy atom. The summed E-state index contributed by atoms with van der Waals surface area (Å²) in [6, 6.07) is 23.0. The molecule has 0 saturated carbocycles. The molecule has 3 aromatic rings. The number of hydrogen-bond acceptors (Lipinski definition) is 2. The first-order valence-electron chi connectivity index (χ1n) is 11.7. The van der Waals surface area contributed by atoms with Crippen LogP contribution in [0.3, 0.4) is 0 Å². The second kappa shape index (κ2) is 9.94. The number of likely N-dealkylation sites (tertiary alicyclic amines) is 1. The minimum atomic E-state index is -0.910. The van der Waals surface area contributed by atoms with Crippen LogP contribution in [0, 0.1) is 17.6 Å². The van der Waals surface area contributed by atoms with Crippen molar-refractivity contribution >= 4 is 5.91 Å². The number of ether oxygens (including phenoxy) is 1. The average Bonchev–Trinajstić information content (AvgIpc) is 3.22. The molecule has 178 valence electrons. The minimum Gasteiger partial charge on any atom is -0.490 e. The van der Waals surface area contributed by atoms with Crippen LogP contribution >= 0.6 is 0 Å². The number of amides is 1. The lowest BCUT2D eigenvalue weighted by atomic mass is 9.64. The van der Waals surface area contributed by atoms with E-state index in [4.69, 9.17) is 10.5 Å². The number of nitrogens with two attached hydrogens (primary N) is 1. The van der Waals surface area contributed by atoms with E-state index in [9.17, 15) is 13.6 Å². The van der Waals surface area contributed by atoms with E-state index in [1.807, 2.05) is 60.7 Å². The Labute approximate surface area is 199 Å². The van der Waals surface area contributed by atoms with Crippen molar-refractivity contribution in [1.82, 2.24) is 0 Å². The fraction of sp³-hybridized carbons (Fsp3) is 0.321. The van der Waals surface area contributed by atoms with Gasteiger partial charge >= 0.3 is 0 Å². The molecule has 1 aliphatic rings. The van der Waals surface area contributed by atoms with Crippen LogP contribution in [0.5, 0.6) is 5.75 Å². The van der Waals surface area contributed by atoms with E-state index in [2.05, 4.69) is 7.05 Å². The van der Waals surface area contributed by atoms with Crippen LogP contribution in [-0.2, 0) is 10.2 Å². The van der Waals surface area contributed by atoms with E-state index in [-0.39, 0.29) is 17.6 Å². The van der Waals surface area contributed by atoms with Crippen molar-refractivity contribution in [2.75, 3.05) is 33.3 Å². The summed E-state index contributed by atoms with van der Waals surface area (Å²) in [5.41, 5.74) is 7.11. The van der Waals surface area contributed by atoms with Gasteiger partial charge in [0.25, 0.3) is 0 Å². The number of carbonyl (C=O) groups is 1. The van der Waals surface area contributed by atoms with Gasteiger partial charge in [0.1, 0.15) is 11.2 Å². The van der Waals surface area contributed by atoms with Crippen molar-refractivity contribution in [2.45, 2.75) is 18.3 Å². The van der Waals surface area contributed by atoms with Gasteiger partial charge in [-0.2, -0.15) is 0 Å². The standard InChI is InChI=1S/C28H30F2N2O2/c1-32(16-8-18-34-26-14-13-24(29)19-25(26)30)17-15-23(20-32)28(27(31)33,21-9-4-2-5-10-21)22-11-6-3-7-12-22/h2-7,9-14,19,23H,8,15-18,20H2,1H3,(H-,31,33)/p+1/t23?,32-/m1/s1. The smallest absolute Gasteiger partial charge is 0.233 e. The van der Waals surface area contributed by atoms with E-state index in [0.717, 1.165) is 47.7 Å². The quantitative estimate of drug-likeness (QED) is 0.369. The zero-order valence-electron chi connectivity index (χ0n) is 19.4. The van der Waals surface area contributed by atoms with Crippen LogP contribution in [0.2, 0.25) is 0 Å². The highest BCUT2D eigenvalue weighted by molar-refractivity contribution is 5.91. The molecule has 6 heteroatoms. The largest absolute Gasteiger partial charge is 0.490 e. The maximum atomic E-state index is 13.8. The molecule has 1 heterocycles. The number of hydrogen-bond donors (Lipinski definition) is 1. The SMILES string of the molecule is C[N@@+]1(CCCOc2ccc(F)cc2F)CCC(C(C(N)=O)(c2ccccc2)c2ccccc2)C1. The normalized spacial score (nSPS) is 20.3. The zero-order chi connectivity index (χ0) is 24.2. The fourth-order valence-electron chi connectivity index (χ4n) is 5.49. The molecule has 4 rings (SSSR count). The molecule has 0 bridgehead atoms. The molecular weight excluding hydrogens is 434 g/mol. The van der Waals surface area contributed by atoms with Crippen molar-refractivity contribution < 1.29 is 22.8 Å². The molecule has 4 nitrogen and oxygen atoms in total. The number of nitrogens with zero attached hydrogens (tertiary/aromatic N) is 1. The lowest BCUT2D eigenvalue weighted by Crippen LogP contribution is -2.51. The van der Waals surface area contributed by atoms with E-state index in [1.54, 1.807) is 0 Å². The lowest BCUT2D eigenvalue weighted by Gasteiger charge is -2.38. The molecule has 34 heavy (non-hydrogen) atoms. The molecule has 1 unspecified atom stereocenters. The Bertz CT molecular complexity index is 1080. The predicted molar refractivity (Wildman–Crippen MR) is 128 cm³/mol. The van der Waals surface area contributed by atoms with E-state index >= 15 is 0 Å². The maximum Gasteiger partial charge on any atom is 0.233 e. The van der Waals surface area contributed by atoms with Crippen LogP contribution in [0.4, 0.5) is 8.78 Å². The highest BCUT2D eigenvalue weighted by atomic mass is 19.1. The summed E-state index contributed by atoms with van der Waals surface area (Å²) in [6.45, 7) is 2.85. The average molecular weight is 466 g/mol. The van der Waals surface area contributed by atoms with Gasteiger partial charge in [0.05, 0.1) is 33.3 Å². The highest BCUT2D eigenvalue weighted by Crippen LogP contribution is 2.45. The molecule has 1 amide bonds. The molecule has 2 atom stereocenters. The number of rotatable bonds is 9. The first-order chi connectivity index (χ1) is 16.3. The van der Waals surface area contributed by atoms with E-state index in [0.29, 0.717) is 13.0 Å². The number of primary amides is 1. The van der Waals surface area contributed by atoms with E-state index < -0.39 is 17.0 Å². The summed E-state index contributed by atoms with van der Waals surface area (Å²) in [5, 5.41) is 0. The van der Waals surface area contributed by atoms with Crippen LogP contribution in [0.15, 0.2) is 78.9 Å². The molecule has 1 aliphatic heterocycles. The van der Waals surface area contributed by atoms with Gasteiger partial charge in [0.2, 0.25) is 5.91 Å². The second-order valence-electron chi connectivity index (χ2n) is 9.42. The predicted octanol–water partition coefficient (Wildman–Crippen LogP) is 4.67. The highest BCUT2D eigenvalue weighted by Gasteiger charge is 2.53. The Balaban J connectivity index is 1.51. The summed E-state index contributed by atoms with van der Waals surface area (Å²) >= 11 is 0. The van der Waals surface area contributed by atoms with Crippen LogP contribution in [0.1, 0.15) is 24.0 Å².